The Morgan fingerprint density at radius 2 is 2.12 bits per heavy atom. The molecule has 1 heterocycles. The molecule has 0 spiro atoms. The van der Waals surface area contributed by atoms with Gasteiger partial charge in [0.1, 0.15) is 5.75 Å². The van der Waals surface area contributed by atoms with Crippen molar-refractivity contribution >= 4 is 5.69 Å². The van der Waals surface area contributed by atoms with E-state index in [1.54, 1.807) is 0 Å². The Labute approximate surface area is 96.4 Å². The second-order valence-corrected chi connectivity index (χ2v) is 4.52. The molecular formula is C13H19NO2. The lowest BCUT2D eigenvalue weighted by Crippen LogP contribution is -2.26. The number of aryl methyl sites for hydroxylation is 1. The van der Waals surface area contributed by atoms with E-state index in [9.17, 15) is 5.11 Å². The fraction of sp³-hybridized carbons (Fsp3) is 0.538. The number of phenolic OH excluding ortho intramolecular Hbond substituents is 1. The summed E-state index contributed by atoms with van der Waals surface area (Å²) in [5, 5.41) is 13.3. The molecule has 3 heteroatoms. The van der Waals surface area contributed by atoms with Crippen LogP contribution in [0.2, 0.25) is 0 Å². The Morgan fingerprint density at radius 1 is 1.38 bits per heavy atom. The van der Waals surface area contributed by atoms with Crippen LogP contribution in [-0.2, 0) is 4.74 Å². The van der Waals surface area contributed by atoms with E-state index >= 15 is 0 Å². The van der Waals surface area contributed by atoms with Crippen LogP contribution in [0.15, 0.2) is 12.1 Å². The molecule has 2 rings (SSSR count). The normalized spacial score (nSPS) is 24.7. The number of anilines is 1. The lowest BCUT2D eigenvalue weighted by atomic mass is 10.1. The van der Waals surface area contributed by atoms with Crippen LogP contribution < -0.4 is 5.32 Å². The highest BCUT2D eigenvalue weighted by molar-refractivity contribution is 5.59. The van der Waals surface area contributed by atoms with Crippen molar-refractivity contribution < 1.29 is 9.84 Å². The number of benzene rings is 1. The molecule has 2 atom stereocenters. The standard InChI is InChI=1S/C13H19NO2/c1-8-4-5-11(9(2)13(8)15)14-12-6-7-16-10(12)3/h4-5,10,12,14-15H,6-7H2,1-3H3. The van der Waals surface area contributed by atoms with Crippen LogP contribution in [-0.4, -0.2) is 23.9 Å². The maximum atomic E-state index is 9.86. The Bertz CT molecular complexity index is 390. The molecule has 88 valence electrons. The van der Waals surface area contributed by atoms with Crippen LogP contribution >= 0.6 is 0 Å². The SMILES string of the molecule is Cc1ccc(NC2CCOC2C)c(C)c1O. The molecule has 3 nitrogen and oxygen atoms in total. The third kappa shape index (κ3) is 2.00. The molecule has 1 aromatic rings. The van der Waals surface area contributed by atoms with Crippen LogP contribution in [0.25, 0.3) is 0 Å². The first-order chi connectivity index (χ1) is 7.59. The molecule has 1 aromatic carbocycles. The number of nitrogens with one attached hydrogen (secondary N) is 1. The number of ether oxygens (including phenoxy) is 1. The first-order valence-corrected chi connectivity index (χ1v) is 5.77. The fourth-order valence-corrected chi connectivity index (χ4v) is 2.11. The summed E-state index contributed by atoms with van der Waals surface area (Å²) in [4.78, 5) is 0. The molecule has 0 bridgehead atoms. The third-order valence-electron chi connectivity index (χ3n) is 3.35. The molecule has 1 fully saturated rings. The predicted octanol–water partition coefficient (Wildman–Crippen LogP) is 2.60. The summed E-state index contributed by atoms with van der Waals surface area (Å²) < 4.78 is 5.51. The van der Waals surface area contributed by atoms with Crippen molar-refractivity contribution in [2.75, 3.05) is 11.9 Å². The summed E-state index contributed by atoms with van der Waals surface area (Å²) in [6, 6.07) is 4.31. The predicted molar refractivity (Wildman–Crippen MR) is 65.0 cm³/mol. The van der Waals surface area contributed by atoms with Crippen molar-refractivity contribution in [3.05, 3.63) is 23.3 Å². The van der Waals surface area contributed by atoms with Gasteiger partial charge in [0, 0.05) is 17.9 Å². The van der Waals surface area contributed by atoms with Gasteiger partial charge in [0.2, 0.25) is 0 Å². The van der Waals surface area contributed by atoms with Gasteiger partial charge in [-0.3, -0.25) is 0 Å². The van der Waals surface area contributed by atoms with Crippen LogP contribution in [0.1, 0.15) is 24.5 Å². The van der Waals surface area contributed by atoms with Gasteiger partial charge in [-0.1, -0.05) is 6.07 Å². The van der Waals surface area contributed by atoms with E-state index in [1.807, 2.05) is 26.0 Å². The summed E-state index contributed by atoms with van der Waals surface area (Å²) in [6.07, 6.45) is 1.26. The van der Waals surface area contributed by atoms with E-state index < -0.39 is 0 Å². The van der Waals surface area contributed by atoms with Gasteiger partial charge in [-0.25, -0.2) is 0 Å². The lowest BCUT2D eigenvalue weighted by molar-refractivity contribution is 0.121. The largest absolute Gasteiger partial charge is 0.507 e. The van der Waals surface area contributed by atoms with Gasteiger partial charge < -0.3 is 15.2 Å². The zero-order valence-corrected chi connectivity index (χ0v) is 10.1. The third-order valence-corrected chi connectivity index (χ3v) is 3.35. The molecule has 16 heavy (non-hydrogen) atoms. The van der Waals surface area contributed by atoms with Crippen molar-refractivity contribution in [2.45, 2.75) is 39.3 Å². The highest BCUT2D eigenvalue weighted by Gasteiger charge is 2.24. The Balaban J connectivity index is 2.18. The molecule has 0 amide bonds. The minimum Gasteiger partial charge on any atom is -0.507 e. The highest BCUT2D eigenvalue weighted by atomic mass is 16.5. The van der Waals surface area contributed by atoms with Gasteiger partial charge in [-0.05, 0) is 38.8 Å². The summed E-state index contributed by atoms with van der Waals surface area (Å²) in [6.45, 7) is 6.74. The molecule has 0 aliphatic carbocycles. The molecule has 1 saturated heterocycles. The summed E-state index contributed by atoms with van der Waals surface area (Å²) in [5.74, 6) is 0.386. The molecule has 2 unspecified atom stereocenters. The smallest absolute Gasteiger partial charge is 0.123 e. The number of rotatable bonds is 2. The minimum absolute atomic E-state index is 0.239. The zero-order chi connectivity index (χ0) is 11.7. The maximum Gasteiger partial charge on any atom is 0.123 e. The van der Waals surface area contributed by atoms with Gasteiger partial charge >= 0.3 is 0 Å². The molecule has 2 N–H and O–H groups in total. The second-order valence-electron chi connectivity index (χ2n) is 4.52. The van der Waals surface area contributed by atoms with Crippen molar-refractivity contribution in [1.29, 1.82) is 0 Å². The van der Waals surface area contributed by atoms with Gasteiger partial charge in [0.25, 0.3) is 0 Å². The summed E-state index contributed by atoms with van der Waals surface area (Å²) >= 11 is 0. The quantitative estimate of drug-likeness (QED) is 0.806. The van der Waals surface area contributed by atoms with E-state index in [0.29, 0.717) is 11.8 Å². The van der Waals surface area contributed by atoms with E-state index in [2.05, 4.69) is 12.2 Å². The maximum absolute atomic E-state index is 9.86. The molecule has 1 aliphatic rings. The highest BCUT2D eigenvalue weighted by Crippen LogP contribution is 2.29. The lowest BCUT2D eigenvalue weighted by Gasteiger charge is -2.19. The molecule has 0 radical (unpaired) electrons. The number of aromatic hydroxyl groups is 1. The first kappa shape index (κ1) is 11.3. The van der Waals surface area contributed by atoms with E-state index in [4.69, 9.17) is 4.74 Å². The summed E-state index contributed by atoms with van der Waals surface area (Å²) in [7, 11) is 0. The second kappa shape index (κ2) is 4.34. The van der Waals surface area contributed by atoms with Gasteiger partial charge in [-0.2, -0.15) is 0 Å². The Kier molecular flexibility index (Phi) is 3.06. The van der Waals surface area contributed by atoms with Crippen molar-refractivity contribution in [2.24, 2.45) is 0 Å². The van der Waals surface area contributed by atoms with E-state index in [1.165, 1.54) is 0 Å². The molecule has 0 aromatic heterocycles. The average Bonchev–Trinajstić information content (AvgIpc) is 2.65. The number of hydrogen-bond acceptors (Lipinski definition) is 3. The van der Waals surface area contributed by atoms with Gasteiger partial charge in [-0.15, -0.1) is 0 Å². The molecular weight excluding hydrogens is 202 g/mol. The van der Waals surface area contributed by atoms with E-state index in [-0.39, 0.29) is 6.10 Å². The van der Waals surface area contributed by atoms with Crippen molar-refractivity contribution in [3.63, 3.8) is 0 Å². The number of hydrogen-bond donors (Lipinski definition) is 2. The Morgan fingerprint density at radius 3 is 2.75 bits per heavy atom. The van der Waals surface area contributed by atoms with Crippen LogP contribution in [0, 0.1) is 13.8 Å². The average molecular weight is 221 g/mol. The summed E-state index contributed by atoms with van der Waals surface area (Å²) in [5.41, 5.74) is 2.84. The van der Waals surface area contributed by atoms with Crippen molar-refractivity contribution in [3.8, 4) is 5.75 Å². The Hall–Kier alpha value is -1.22. The molecule has 0 saturated carbocycles. The fourth-order valence-electron chi connectivity index (χ4n) is 2.11. The van der Waals surface area contributed by atoms with Crippen LogP contribution in [0.4, 0.5) is 5.69 Å². The monoisotopic (exact) mass is 221 g/mol. The van der Waals surface area contributed by atoms with Crippen molar-refractivity contribution in [1.82, 2.24) is 0 Å². The van der Waals surface area contributed by atoms with E-state index in [0.717, 1.165) is 29.8 Å². The van der Waals surface area contributed by atoms with Gasteiger partial charge in [0.15, 0.2) is 0 Å². The molecule has 1 aliphatic heterocycles. The van der Waals surface area contributed by atoms with Crippen LogP contribution in [0.5, 0.6) is 5.75 Å². The van der Waals surface area contributed by atoms with Crippen LogP contribution in [0.3, 0.4) is 0 Å². The minimum atomic E-state index is 0.239. The number of phenols is 1. The van der Waals surface area contributed by atoms with Gasteiger partial charge in [0.05, 0.1) is 12.1 Å². The zero-order valence-electron chi connectivity index (χ0n) is 10.1. The first-order valence-electron chi connectivity index (χ1n) is 5.77. The topological polar surface area (TPSA) is 41.5 Å².